The Bertz CT molecular complexity index is 800. The van der Waals surface area contributed by atoms with Gasteiger partial charge in [-0.1, -0.05) is 17.7 Å². The molecule has 0 aliphatic heterocycles. The van der Waals surface area contributed by atoms with Gasteiger partial charge in [-0.15, -0.1) is 11.3 Å². The minimum absolute atomic E-state index is 0.0348. The zero-order chi connectivity index (χ0) is 16.5. The monoisotopic (exact) mass is 362 g/mol. The van der Waals surface area contributed by atoms with E-state index in [1.165, 1.54) is 42.3 Å². The van der Waals surface area contributed by atoms with Crippen molar-refractivity contribution >= 4 is 38.9 Å². The second-order valence-corrected chi connectivity index (χ2v) is 7.80. The molecular formula is C13H12ClFN2O3S2. The van der Waals surface area contributed by atoms with E-state index in [2.05, 4.69) is 0 Å². The van der Waals surface area contributed by atoms with Gasteiger partial charge in [-0.25, -0.2) is 17.9 Å². The van der Waals surface area contributed by atoms with E-state index in [0.717, 1.165) is 11.3 Å². The molecule has 0 radical (unpaired) electrons. The summed E-state index contributed by atoms with van der Waals surface area (Å²) in [7, 11) is -2.37. The van der Waals surface area contributed by atoms with Crippen LogP contribution in [0.5, 0.6) is 0 Å². The predicted octanol–water partition coefficient (Wildman–Crippen LogP) is 2.46. The van der Waals surface area contributed by atoms with E-state index in [4.69, 9.17) is 16.7 Å². The number of hydrogen-bond donors (Lipinski definition) is 1. The smallest absolute Gasteiger partial charge is 0.264 e. The number of thiophene rings is 1. The minimum atomic E-state index is -3.85. The molecule has 22 heavy (non-hydrogen) atoms. The topological polar surface area (TPSA) is 80.5 Å². The highest BCUT2D eigenvalue weighted by Gasteiger charge is 2.20. The molecule has 0 bridgehead atoms. The van der Waals surface area contributed by atoms with E-state index in [1.807, 2.05) is 0 Å². The number of primary sulfonamides is 1. The first-order chi connectivity index (χ1) is 10.2. The first-order valence-corrected chi connectivity index (χ1v) is 8.75. The van der Waals surface area contributed by atoms with Crippen molar-refractivity contribution in [2.45, 2.75) is 10.8 Å². The molecule has 0 spiro atoms. The predicted molar refractivity (Wildman–Crippen MR) is 82.9 cm³/mol. The van der Waals surface area contributed by atoms with Gasteiger partial charge in [-0.3, -0.25) is 4.79 Å². The van der Waals surface area contributed by atoms with Gasteiger partial charge in [0.15, 0.2) is 0 Å². The molecule has 5 nitrogen and oxygen atoms in total. The molecule has 0 saturated carbocycles. The second kappa shape index (κ2) is 6.33. The highest BCUT2D eigenvalue weighted by molar-refractivity contribution is 7.91. The van der Waals surface area contributed by atoms with Crippen LogP contribution in [0.15, 0.2) is 34.5 Å². The third kappa shape index (κ3) is 3.64. The van der Waals surface area contributed by atoms with Crippen molar-refractivity contribution in [3.63, 3.8) is 0 Å². The molecule has 0 aliphatic rings. The van der Waals surface area contributed by atoms with Crippen LogP contribution < -0.4 is 5.14 Å². The maximum atomic E-state index is 13.7. The normalized spacial score (nSPS) is 11.5. The SMILES string of the molecule is CN(Cc1c(F)cccc1Cl)C(=O)c1ccc(S(N)(=O)=O)s1. The Morgan fingerprint density at radius 3 is 2.59 bits per heavy atom. The third-order valence-corrected chi connectivity index (χ3v) is 5.74. The lowest BCUT2D eigenvalue weighted by molar-refractivity contribution is 0.0788. The first-order valence-electron chi connectivity index (χ1n) is 6.01. The molecule has 0 saturated heterocycles. The van der Waals surface area contributed by atoms with Crippen molar-refractivity contribution in [2.75, 3.05) is 7.05 Å². The molecule has 1 heterocycles. The number of rotatable bonds is 4. The van der Waals surface area contributed by atoms with Crippen LogP contribution >= 0.6 is 22.9 Å². The Balaban J connectivity index is 2.21. The highest BCUT2D eigenvalue weighted by Crippen LogP contribution is 2.24. The summed E-state index contributed by atoms with van der Waals surface area (Å²) in [5, 5.41) is 5.22. The van der Waals surface area contributed by atoms with Crippen molar-refractivity contribution in [1.29, 1.82) is 0 Å². The molecule has 1 amide bonds. The molecule has 2 N–H and O–H groups in total. The molecular weight excluding hydrogens is 351 g/mol. The Kier molecular flexibility index (Phi) is 4.86. The van der Waals surface area contributed by atoms with Crippen molar-refractivity contribution in [3.05, 3.63) is 51.6 Å². The summed E-state index contributed by atoms with van der Waals surface area (Å²) in [5.41, 5.74) is 0.197. The van der Waals surface area contributed by atoms with Gasteiger partial charge in [0.05, 0.1) is 11.4 Å². The molecule has 9 heteroatoms. The van der Waals surface area contributed by atoms with Crippen LogP contribution in [0, 0.1) is 5.82 Å². The third-order valence-electron chi connectivity index (χ3n) is 2.88. The summed E-state index contributed by atoms with van der Waals surface area (Å²) >= 11 is 6.68. The summed E-state index contributed by atoms with van der Waals surface area (Å²) in [6.45, 7) is -0.0348. The largest absolute Gasteiger partial charge is 0.337 e. The van der Waals surface area contributed by atoms with Crippen LogP contribution in [0.25, 0.3) is 0 Å². The van der Waals surface area contributed by atoms with E-state index in [0.29, 0.717) is 0 Å². The van der Waals surface area contributed by atoms with E-state index >= 15 is 0 Å². The highest BCUT2D eigenvalue weighted by atomic mass is 35.5. The standard InChI is InChI=1S/C13H12ClFN2O3S2/c1-17(7-8-9(14)3-2-4-10(8)15)13(18)11-5-6-12(21-11)22(16,19)20/h2-6H,7H2,1H3,(H2,16,19,20). The van der Waals surface area contributed by atoms with Gasteiger partial charge in [0.1, 0.15) is 10.0 Å². The van der Waals surface area contributed by atoms with E-state index in [1.54, 1.807) is 0 Å². The lowest BCUT2D eigenvalue weighted by Crippen LogP contribution is -2.26. The molecule has 1 aromatic heterocycles. The number of halogens is 2. The Morgan fingerprint density at radius 1 is 1.36 bits per heavy atom. The molecule has 1 aromatic carbocycles. The van der Waals surface area contributed by atoms with Gasteiger partial charge in [0, 0.05) is 17.6 Å². The summed E-state index contributed by atoms with van der Waals surface area (Å²) in [6.07, 6.45) is 0. The van der Waals surface area contributed by atoms with Crippen molar-refractivity contribution in [2.24, 2.45) is 5.14 Å². The number of nitrogens with zero attached hydrogens (tertiary/aromatic N) is 1. The zero-order valence-electron chi connectivity index (χ0n) is 11.4. The summed E-state index contributed by atoms with van der Waals surface area (Å²) < 4.78 is 36.0. The molecule has 118 valence electrons. The lowest BCUT2D eigenvalue weighted by Gasteiger charge is -2.17. The fraction of sp³-hybridized carbons (Fsp3) is 0.154. The summed E-state index contributed by atoms with van der Waals surface area (Å²) in [4.78, 5) is 13.7. The maximum Gasteiger partial charge on any atom is 0.264 e. The van der Waals surface area contributed by atoms with Crippen LogP contribution in [0.4, 0.5) is 4.39 Å². The number of sulfonamides is 1. The van der Waals surface area contributed by atoms with Gasteiger partial charge in [-0.2, -0.15) is 0 Å². The van der Waals surface area contributed by atoms with Crippen molar-refractivity contribution in [1.82, 2.24) is 4.90 Å². The molecule has 0 unspecified atom stereocenters. The van der Waals surface area contributed by atoms with Gasteiger partial charge in [-0.05, 0) is 24.3 Å². The number of nitrogens with two attached hydrogens (primary N) is 1. The average molecular weight is 363 g/mol. The number of carbonyl (C=O) groups is 1. The molecule has 2 rings (SSSR count). The van der Waals surface area contributed by atoms with Crippen LogP contribution in [-0.2, 0) is 16.6 Å². The van der Waals surface area contributed by atoms with Crippen LogP contribution in [-0.4, -0.2) is 26.3 Å². The number of benzene rings is 1. The lowest BCUT2D eigenvalue weighted by atomic mass is 10.2. The quantitative estimate of drug-likeness (QED) is 0.907. The fourth-order valence-electron chi connectivity index (χ4n) is 1.77. The Morgan fingerprint density at radius 2 is 2.05 bits per heavy atom. The van der Waals surface area contributed by atoms with Crippen molar-refractivity contribution in [3.8, 4) is 0 Å². The summed E-state index contributed by atoms with van der Waals surface area (Å²) in [6, 6.07) is 6.89. The van der Waals surface area contributed by atoms with Gasteiger partial charge in [0.2, 0.25) is 10.0 Å². The molecule has 0 fully saturated rings. The van der Waals surface area contributed by atoms with Crippen LogP contribution in [0.1, 0.15) is 15.2 Å². The molecule has 0 aliphatic carbocycles. The van der Waals surface area contributed by atoms with Gasteiger partial charge < -0.3 is 4.90 Å². The zero-order valence-corrected chi connectivity index (χ0v) is 13.8. The number of hydrogen-bond acceptors (Lipinski definition) is 4. The molecule has 0 atom stereocenters. The van der Waals surface area contributed by atoms with Gasteiger partial charge >= 0.3 is 0 Å². The fourth-order valence-corrected chi connectivity index (χ4v) is 3.71. The van der Waals surface area contributed by atoms with Crippen molar-refractivity contribution < 1.29 is 17.6 Å². The maximum absolute atomic E-state index is 13.7. The van der Waals surface area contributed by atoms with E-state index in [-0.39, 0.29) is 26.2 Å². The Labute approximate surface area is 136 Å². The van der Waals surface area contributed by atoms with E-state index in [9.17, 15) is 17.6 Å². The number of amides is 1. The molecule has 2 aromatic rings. The van der Waals surface area contributed by atoms with Crippen LogP contribution in [0.2, 0.25) is 5.02 Å². The second-order valence-electron chi connectivity index (χ2n) is 4.53. The Hall–Kier alpha value is -1.48. The minimum Gasteiger partial charge on any atom is -0.337 e. The number of carbonyl (C=O) groups excluding carboxylic acids is 1. The summed E-state index contributed by atoms with van der Waals surface area (Å²) in [5.74, 6) is -0.956. The first kappa shape index (κ1) is 16.9. The van der Waals surface area contributed by atoms with Crippen LogP contribution in [0.3, 0.4) is 0 Å². The average Bonchev–Trinajstić information content (AvgIpc) is 2.91. The van der Waals surface area contributed by atoms with E-state index < -0.39 is 21.7 Å². The van der Waals surface area contributed by atoms with Gasteiger partial charge in [0.25, 0.3) is 5.91 Å².